The third-order valence-corrected chi connectivity index (χ3v) is 6.73. The molecule has 3 aromatic rings. The summed E-state index contributed by atoms with van der Waals surface area (Å²) in [6.45, 7) is 7.55. The van der Waals surface area contributed by atoms with Gasteiger partial charge in [-0.2, -0.15) is 0 Å². The summed E-state index contributed by atoms with van der Waals surface area (Å²) >= 11 is 0. The molecule has 188 valence electrons. The van der Waals surface area contributed by atoms with E-state index in [1.807, 2.05) is 26.0 Å². The van der Waals surface area contributed by atoms with Crippen molar-refractivity contribution in [1.82, 2.24) is 15.2 Å². The van der Waals surface area contributed by atoms with Crippen molar-refractivity contribution in [1.29, 1.82) is 0 Å². The summed E-state index contributed by atoms with van der Waals surface area (Å²) in [6.07, 6.45) is 4.15. The summed E-state index contributed by atoms with van der Waals surface area (Å²) in [5, 5.41) is 2.84. The molecule has 7 heteroatoms. The number of oxazole rings is 1. The SMILES string of the molecule is Cc1cccc([C@H]2c3cc(OCc4nc(C(=O)NCC(C)C)co4)ccc3CCN2C(=O)C2CC2)c1. The standard InChI is InChI=1S/C29H33N3O4/c1-18(2)15-30-28(33)25-16-36-26(31-25)17-35-23-10-9-20-11-12-32(29(34)21-7-8-21)27(24(20)14-23)22-6-4-5-19(3)13-22/h4-6,9-10,13-14,16,18,21,27H,7-8,11-12,15,17H2,1-3H3,(H,30,33)/t27-/m0/s1. The van der Waals surface area contributed by atoms with Gasteiger partial charge in [-0.1, -0.05) is 49.7 Å². The van der Waals surface area contributed by atoms with E-state index in [0.29, 0.717) is 24.1 Å². The lowest BCUT2D eigenvalue weighted by Crippen LogP contribution is -2.41. The molecule has 0 unspecified atom stereocenters. The molecule has 36 heavy (non-hydrogen) atoms. The fourth-order valence-corrected chi connectivity index (χ4v) is 4.70. The van der Waals surface area contributed by atoms with Crippen LogP contribution in [0, 0.1) is 18.8 Å². The third-order valence-electron chi connectivity index (χ3n) is 6.73. The van der Waals surface area contributed by atoms with E-state index >= 15 is 0 Å². The normalized spacial score (nSPS) is 17.1. The number of nitrogens with zero attached hydrogens (tertiary/aromatic N) is 2. The van der Waals surface area contributed by atoms with Crippen molar-refractivity contribution in [2.24, 2.45) is 11.8 Å². The van der Waals surface area contributed by atoms with Gasteiger partial charge in [0.15, 0.2) is 12.3 Å². The van der Waals surface area contributed by atoms with Gasteiger partial charge in [0.1, 0.15) is 12.0 Å². The molecular weight excluding hydrogens is 454 g/mol. The third kappa shape index (κ3) is 5.30. The second-order valence-corrected chi connectivity index (χ2v) is 10.3. The minimum Gasteiger partial charge on any atom is -0.484 e. The van der Waals surface area contributed by atoms with E-state index in [0.717, 1.165) is 36.9 Å². The number of fused-ring (bicyclic) bond motifs is 1. The molecule has 1 aliphatic heterocycles. The number of carbonyl (C=O) groups excluding carboxylic acids is 2. The fourth-order valence-electron chi connectivity index (χ4n) is 4.70. The van der Waals surface area contributed by atoms with Gasteiger partial charge in [0.2, 0.25) is 11.8 Å². The lowest BCUT2D eigenvalue weighted by Gasteiger charge is -2.38. The highest BCUT2D eigenvalue weighted by atomic mass is 16.5. The van der Waals surface area contributed by atoms with Crippen LogP contribution in [-0.4, -0.2) is 34.8 Å². The number of benzene rings is 2. The van der Waals surface area contributed by atoms with Crippen LogP contribution >= 0.6 is 0 Å². The molecule has 1 atom stereocenters. The van der Waals surface area contributed by atoms with Gasteiger partial charge in [-0.3, -0.25) is 9.59 Å². The molecule has 1 aliphatic carbocycles. The lowest BCUT2D eigenvalue weighted by molar-refractivity contribution is -0.134. The molecule has 7 nitrogen and oxygen atoms in total. The highest BCUT2D eigenvalue weighted by Crippen LogP contribution is 2.41. The summed E-state index contributed by atoms with van der Waals surface area (Å²) in [6, 6.07) is 14.3. The predicted octanol–water partition coefficient (Wildman–Crippen LogP) is 4.83. The van der Waals surface area contributed by atoms with Crippen molar-refractivity contribution in [3.63, 3.8) is 0 Å². The number of aryl methyl sites for hydroxylation is 1. The molecule has 2 heterocycles. The zero-order valence-corrected chi connectivity index (χ0v) is 21.1. The van der Waals surface area contributed by atoms with E-state index in [2.05, 4.69) is 52.5 Å². The maximum atomic E-state index is 13.2. The second-order valence-electron chi connectivity index (χ2n) is 10.3. The molecule has 2 aromatic carbocycles. The van der Waals surface area contributed by atoms with E-state index < -0.39 is 0 Å². The molecule has 2 aliphatic rings. The number of ether oxygens (including phenoxy) is 1. The van der Waals surface area contributed by atoms with Crippen molar-refractivity contribution < 1.29 is 18.7 Å². The topological polar surface area (TPSA) is 84.7 Å². The summed E-state index contributed by atoms with van der Waals surface area (Å²) in [5.41, 5.74) is 4.86. The Morgan fingerprint density at radius 1 is 1.19 bits per heavy atom. The first kappa shape index (κ1) is 24.1. The van der Waals surface area contributed by atoms with Gasteiger partial charge in [0, 0.05) is 19.0 Å². The molecule has 1 N–H and O–H groups in total. The van der Waals surface area contributed by atoms with E-state index in [4.69, 9.17) is 9.15 Å². The van der Waals surface area contributed by atoms with Gasteiger partial charge in [-0.25, -0.2) is 4.98 Å². The number of nitrogens with one attached hydrogen (secondary N) is 1. The van der Waals surface area contributed by atoms with Crippen LogP contribution in [0.25, 0.3) is 0 Å². The van der Waals surface area contributed by atoms with Crippen LogP contribution in [-0.2, 0) is 17.8 Å². The quantitative estimate of drug-likeness (QED) is 0.492. The van der Waals surface area contributed by atoms with Gasteiger partial charge < -0.3 is 19.4 Å². The first-order valence-corrected chi connectivity index (χ1v) is 12.7. The zero-order valence-electron chi connectivity index (χ0n) is 21.1. The van der Waals surface area contributed by atoms with Crippen molar-refractivity contribution in [2.45, 2.75) is 52.7 Å². The fraction of sp³-hybridized carbons (Fsp3) is 0.414. The summed E-state index contributed by atoms with van der Waals surface area (Å²) < 4.78 is 11.5. The Labute approximate surface area is 211 Å². The summed E-state index contributed by atoms with van der Waals surface area (Å²) in [4.78, 5) is 31.8. The molecule has 5 rings (SSSR count). The van der Waals surface area contributed by atoms with Crippen LogP contribution < -0.4 is 10.1 Å². The van der Waals surface area contributed by atoms with Gasteiger partial charge >= 0.3 is 0 Å². The maximum Gasteiger partial charge on any atom is 0.273 e. The van der Waals surface area contributed by atoms with Crippen molar-refractivity contribution in [3.8, 4) is 5.75 Å². The highest BCUT2D eigenvalue weighted by Gasteiger charge is 2.39. The van der Waals surface area contributed by atoms with Gasteiger partial charge in [0.05, 0.1) is 6.04 Å². The number of amides is 2. The average Bonchev–Trinajstić information content (AvgIpc) is 3.62. The number of aromatic nitrogens is 1. The molecule has 2 amide bonds. The predicted molar refractivity (Wildman–Crippen MR) is 136 cm³/mol. The van der Waals surface area contributed by atoms with Crippen molar-refractivity contribution >= 4 is 11.8 Å². The van der Waals surface area contributed by atoms with Gasteiger partial charge in [-0.05, 0) is 60.9 Å². The maximum absolute atomic E-state index is 13.2. The molecule has 1 saturated carbocycles. The van der Waals surface area contributed by atoms with Crippen LogP contribution in [0.15, 0.2) is 53.1 Å². The summed E-state index contributed by atoms with van der Waals surface area (Å²) in [7, 11) is 0. The van der Waals surface area contributed by atoms with Crippen molar-refractivity contribution in [3.05, 3.63) is 82.6 Å². The van der Waals surface area contributed by atoms with E-state index in [1.165, 1.54) is 17.4 Å². The Kier molecular flexibility index (Phi) is 6.81. The number of hydrogen-bond acceptors (Lipinski definition) is 5. The Morgan fingerprint density at radius 2 is 2.03 bits per heavy atom. The molecule has 1 aromatic heterocycles. The highest BCUT2D eigenvalue weighted by molar-refractivity contribution is 5.91. The second kappa shape index (κ2) is 10.2. The molecule has 0 radical (unpaired) electrons. The van der Waals surface area contributed by atoms with Crippen LogP contribution in [0.2, 0.25) is 0 Å². The minimum atomic E-state index is -0.256. The van der Waals surface area contributed by atoms with Crippen LogP contribution in [0.3, 0.4) is 0 Å². The number of rotatable bonds is 8. The zero-order chi connectivity index (χ0) is 25.2. The lowest BCUT2D eigenvalue weighted by atomic mass is 9.87. The Morgan fingerprint density at radius 3 is 2.78 bits per heavy atom. The van der Waals surface area contributed by atoms with Crippen LogP contribution in [0.5, 0.6) is 5.75 Å². The molecular formula is C29H33N3O4. The van der Waals surface area contributed by atoms with Crippen molar-refractivity contribution in [2.75, 3.05) is 13.1 Å². The molecule has 0 saturated heterocycles. The Hall–Kier alpha value is -3.61. The number of carbonyl (C=O) groups is 2. The Balaban J connectivity index is 1.35. The largest absolute Gasteiger partial charge is 0.484 e. The van der Waals surface area contributed by atoms with E-state index in [-0.39, 0.29) is 36.1 Å². The van der Waals surface area contributed by atoms with Gasteiger partial charge in [0.25, 0.3) is 5.91 Å². The molecule has 0 spiro atoms. The minimum absolute atomic E-state index is 0.107. The van der Waals surface area contributed by atoms with Crippen LogP contribution in [0.1, 0.15) is 71.4 Å². The summed E-state index contributed by atoms with van der Waals surface area (Å²) in [5.74, 6) is 1.52. The van der Waals surface area contributed by atoms with E-state index in [9.17, 15) is 9.59 Å². The Bertz CT molecular complexity index is 1260. The monoisotopic (exact) mass is 487 g/mol. The van der Waals surface area contributed by atoms with Crippen LogP contribution in [0.4, 0.5) is 0 Å². The molecule has 1 fully saturated rings. The first-order valence-electron chi connectivity index (χ1n) is 12.7. The van der Waals surface area contributed by atoms with Gasteiger partial charge in [-0.15, -0.1) is 0 Å². The average molecular weight is 488 g/mol. The first-order chi connectivity index (χ1) is 17.4. The smallest absolute Gasteiger partial charge is 0.273 e. The van der Waals surface area contributed by atoms with E-state index in [1.54, 1.807) is 0 Å². The number of hydrogen-bond donors (Lipinski definition) is 1. The molecule has 0 bridgehead atoms.